The number of thiazole rings is 1. The second kappa shape index (κ2) is 6.88. The summed E-state index contributed by atoms with van der Waals surface area (Å²) in [7, 11) is 1.32. The van der Waals surface area contributed by atoms with Gasteiger partial charge in [-0.2, -0.15) is 4.99 Å². The van der Waals surface area contributed by atoms with Gasteiger partial charge in [-0.1, -0.05) is 17.4 Å². The fourth-order valence-electron chi connectivity index (χ4n) is 2.23. The Bertz CT molecular complexity index is 893. The summed E-state index contributed by atoms with van der Waals surface area (Å²) in [5, 5.41) is 0. The summed E-state index contributed by atoms with van der Waals surface area (Å²) in [4.78, 5) is 28.5. The van der Waals surface area contributed by atoms with E-state index in [0.29, 0.717) is 18.0 Å². The van der Waals surface area contributed by atoms with Gasteiger partial charge in [-0.3, -0.25) is 9.59 Å². The first-order valence-electron chi connectivity index (χ1n) is 7.29. The van der Waals surface area contributed by atoms with Crippen LogP contribution in [0.1, 0.15) is 5.56 Å². The van der Waals surface area contributed by atoms with Gasteiger partial charge < -0.3 is 18.8 Å². The Labute approximate surface area is 141 Å². The third-order valence-corrected chi connectivity index (χ3v) is 4.45. The first-order valence-corrected chi connectivity index (χ1v) is 8.10. The number of carbonyl (C=O) groups is 2. The first kappa shape index (κ1) is 16.3. The minimum absolute atomic E-state index is 0.0257. The van der Waals surface area contributed by atoms with Crippen molar-refractivity contribution in [1.29, 1.82) is 0 Å². The number of rotatable bonds is 3. The molecule has 1 aromatic carbocycles. The number of amides is 1. The second-order valence-electron chi connectivity index (χ2n) is 5.14. The average molecular weight is 348 g/mol. The molecule has 0 unspecified atom stereocenters. The molecule has 0 spiro atoms. The molecule has 1 aromatic heterocycles. The molecule has 1 amide bonds. The second-order valence-corrected chi connectivity index (χ2v) is 6.15. The molecule has 1 aliphatic rings. The molecule has 0 aliphatic carbocycles. The molecule has 0 bridgehead atoms. The van der Waals surface area contributed by atoms with Crippen LogP contribution in [0.4, 0.5) is 0 Å². The predicted octanol–water partition coefficient (Wildman–Crippen LogP) is 1.50. The largest absolute Gasteiger partial charge is 0.494 e. The van der Waals surface area contributed by atoms with Gasteiger partial charge in [-0.05, 0) is 24.6 Å². The molecule has 0 atom stereocenters. The van der Waals surface area contributed by atoms with Gasteiger partial charge >= 0.3 is 11.9 Å². The Morgan fingerprint density at radius 3 is 2.92 bits per heavy atom. The minimum atomic E-state index is -0.545. The molecule has 8 heteroatoms. The van der Waals surface area contributed by atoms with E-state index in [9.17, 15) is 9.59 Å². The van der Waals surface area contributed by atoms with E-state index >= 15 is 0 Å². The van der Waals surface area contributed by atoms with Gasteiger partial charge in [0.1, 0.15) is 26.0 Å². The van der Waals surface area contributed by atoms with E-state index in [4.69, 9.17) is 14.2 Å². The van der Waals surface area contributed by atoms with Crippen LogP contribution in [0.3, 0.4) is 0 Å². The number of methoxy groups -OCH3 is 1. The SMILES string of the molecule is COC(=O)Cn1c(=NC(=O)C2=COCCO2)sc2cc(C)ccc21. The summed E-state index contributed by atoms with van der Waals surface area (Å²) in [6.07, 6.45) is 1.26. The predicted molar refractivity (Wildman–Crippen MR) is 87.1 cm³/mol. The summed E-state index contributed by atoms with van der Waals surface area (Å²) >= 11 is 1.33. The highest BCUT2D eigenvalue weighted by atomic mass is 32.1. The third kappa shape index (κ3) is 3.33. The molecule has 2 aromatic rings. The van der Waals surface area contributed by atoms with Crippen molar-refractivity contribution in [3.8, 4) is 0 Å². The van der Waals surface area contributed by atoms with Gasteiger partial charge in [0, 0.05) is 0 Å². The lowest BCUT2D eigenvalue weighted by atomic mass is 10.2. The lowest BCUT2D eigenvalue weighted by Crippen LogP contribution is -2.23. The molecule has 3 rings (SSSR count). The van der Waals surface area contributed by atoms with Crippen molar-refractivity contribution in [1.82, 2.24) is 4.57 Å². The molecular formula is C16H16N2O5S. The number of hydrogen-bond acceptors (Lipinski definition) is 6. The molecule has 0 radical (unpaired) electrons. The van der Waals surface area contributed by atoms with Crippen molar-refractivity contribution in [3.05, 3.63) is 40.6 Å². The number of aryl methyl sites for hydroxylation is 1. The average Bonchev–Trinajstić information content (AvgIpc) is 2.91. The number of carbonyl (C=O) groups excluding carboxylic acids is 2. The molecule has 1 aliphatic heterocycles. The van der Waals surface area contributed by atoms with Crippen molar-refractivity contribution in [2.75, 3.05) is 20.3 Å². The van der Waals surface area contributed by atoms with Gasteiger partial charge in [0.15, 0.2) is 4.80 Å². The molecule has 24 heavy (non-hydrogen) atoms. The number of ether oxygens (including phenoxy) is 3. The maximum absolute atomic E-state index is 12.3. The molecule has 2 heterocycles. The number of benzene rings is 1. The number of hydrogen-bond donors (Lipinski definition) is 0. The van der Waals surface area contributed by atoms with Gasteiger partial charge in [-0.15, -0.1) is 0 Å². The van der Waals surface area contributed by atoms with E-state index < -0.39 is 11.9 Å². The molecular weight excluding hydrogens is 332 g/mol. The van der Waals surface area contributed by atoms with E-state index in [1.807, 2.05) is 25.1 Å². The van der Waals surface area contributed by atoms with E-state index in [-0.39, 0.29) is 12.3 Å². The summed E-state index contributed by atoms with van der Waals surface area (Å²) in [6, 6.07) is 5.82. The van der Waals surface area contributed by atoms with E-state index in [1.54, 1.807) is 4.57 Å². The van der Waals surface area contributed by atoms with Crippen LogP contribution in [0, 0.1) is 6.92 Å². The smallest absolute Gasteiger partial charge is 0.325 e. The zero-order valence-electron chi connectivity index (χ0n) is 13.3. The topological polar surface area (TPSA) is 79.1 Å². The Kier molecular flexibility index (Phi) is 4.66. The lowest BCUT2D eigenvalue weighted by molar-refractivity contribution is -0.141. The van der Waals surface area contributed by atoms with Gasteiger partial charge in [0.2, 0.25) is 5.76 Å². The Balaban J connectivity index is 2.09. The highest BCUT2D eigenvalue weighted by Crippen LogP contribution is 2.19. The summed E-state index contributed by atoms with van der Waals surface area (Å²) in [5.74, 6) is -0.906. The summed E-state index contributed by atoms with van der Waals surface area (Å²) < 4.78 is 17.7. The zero-order valence-corrected chi connectivity index (χ0v) is 14.1. The number of aromatic nitrogens is 1. The fourth-order valence-corrected chi connectivity index (χ4v) is 3.36. The van der Waals surface area contributed by atoms with Crippen molar-refractivity contribution < 1.29 is 23.8 Å². The van der Waals surface area contributed by atoms with Gasteiger partial charge in [0.25, 0.3) is 0 Å². The van der Waals surface area contributed by atoms with E-state index in [0.717, 1.165) is 15.8 Å². The van der Waals surface area contributed by atoms with Crippen molar-refractivity contribution in [2.45, 2.75) is 13.5 Å². The number of fused-ring (bicyclic) bond motifs is 1. The Hall–Kier alpha value is -2.61. The van der Waals surface area contributed by atoms with Crippen molar-refractivity contribution in [2.24, 2.45) is 4.99 Å². The maximum atomic E-state index is 12.3. The molecule has 0 fully saturated rings. The minimum Gasteiger partial charge on any atom is -0.494 e. The highest BCUT2D eigenvalue weighted by Gasteiger charge is 2.16. The summed E-state index contributed by atoms with van der Waals surface area (Å²) in [6.45, 7) is 2.66. The zero-order chi connectivity index (χ0) is 17.1. The highest BCUT2D eigenvalue weighted by molar-refractivity contribution is 7.16. The van der Waals surface area contributed by atoms with Crippen LogP contribution in [0.15, 0.2) is 35.2 Å². The van der Waals surface area contributed by atoms with Crippen molar-refractivity contribution >= 4 is 33.4 Å². The quantitative estimate of drug-likeness (QED) is 0.786. The number of nitrogens with zero attached hydrogens (tertiary/aromatic N) is 2. The van der Waals surface area contributed by atoms with Crippen LogP contribution in [-0.4, -0.2) is 36.8 Å². The molecule has 0 N–H and O–H groups in total. The van der Waals surface area contributed by atoms with Crippen LogP contribution < -0.4 is 4.80 Å². The fraction of sp³-hybridized carbons (Fsp3) is 0.312. The van der Waals surface area contributed by atoms with Crippen LogP contribution in [0.5, 0.6) is 0 Å². The molecule has 7 nitrogen and oxygen atoms in total. The van der Waals surface area contributed by atoms with Crippen LogP contribution in [0.2, 0.25) is 0 Å². The van der Waals surface area contributed by atoms with Crippen molar-refractivity contribution in [3.63, 3.8) is 0 Å². The monoisotopic (exact) mass is 348 g/mol. The van der Waals surface area contributed by atoms with Crippen LogP contribution >= 0.6 is 11.3 Å². The molecule has 0 saturated carbocycles. The van der Waals surface area contributed by atoms with Crippen LogP contribution in [0.25, 0.3) is 10.2 Å². The van der Waals surface area contributed by atoms with E-state index in [1.165, 1.54) is 24.7 Å². The molecule has 0 saturated heterocycles. The summed E-state index contributed by atoms with van der Waals surface area (Å²) in [5.41, 5.74) is 1.90. The third-order valence-electron chi connectivity index (χ3n) is 3.41. The first-order chi connectivity index (χ1) is 11.6. The normalized spacial score (nSPS) is 14.8. The number of esters is 1. The lowest BCUT2D eigenvalue weighted by Gasteiger charge is -2.12. The Morgan fingerprint density at radius 1 is 1.38 bits per heavy atom. The molecule has 126 valence electrons. The van der Waals surface area contributed by atoms with Crippen LogP contribution in [-0.2, 0) is 30.3 Å². The Morgan fingerprint density at radius 2 is 2.21 bits per heavy atom. The maximum Gasteiger partial charge on any atom is 0.325 e. The van der Waals surface area contributed by atoms with Gasteiger partial charge in [0.05, 0.1) is 17.3 Å². The van der Waals surface area contributed by atoms with E-state index in [2.05, 4.69) is 4.99 Å². The van der Waals surface area contributed by atoms with Gasteiger partial charge in [-0.25, -0.2) is 0 Å². The standard InChI is InChI=1S/C16H16N2O5S/c1-10-3-4-11-13(7-10)24-16(18(11)8-14(19)21-2)17-15(20)12-9-22-5-6-23-12/h3-4,7,9H,5-6,8H2,1-2H3.